The van der Waals surface area contributed by atoms with E-state index in [-0.39, 0.29) is 12.5 Å². The van der Waals surface area contributed by atoms with Crippen LogP contribution in [0.3, 0.4) is 0 Å². The van der Waals surface area contributed by atoms with Gasteiger partial charge in [-0.2, -0.15) is 0 Å². The van der Waals surface area contributed by atoms with Crippen molar-refractivity contribution in [3.8, 4) is 11.3 Å². The monoisotopic (exact) mass is 333 g/mol. The average Bonchev–Trinajstić information content (AvgIpc) is 3.07. The van der Waals surface area contributed by atoms with Crippen LogP contribution in [-0.2, 0) is 14.3 Å². The van der Waals surface area contributed by atoms with E-state index in [0.29, 0.717) is 0 Å². The number of nitrogens with zero attached hydrogens (tertiary/aromatic N) is 2. The van der Waals surface area contributed by atoms with Gasteiger partial charge in [0.25, 0.3) is 0 Å². The molecule has 1 aliphatic heterocycles. The molecule has 23 heavy (non-hydrogen) atoms. The van der Waals surface area contributed by atoms with Crippen molar-refractivity contribution in [1.29, 1.82) is 0 Å². The van der Waals surface area contributed by atoms with Crippen LogP contribution in [0.4, 0.5) is 10.8 Å². The highest BCUT2D eigenvalue weighted by molar-refractivity contribution is 7.14. The minimum absolute atomic E-state index is 0.0523. The first kappa shape index (κ1) is 15.9. The van der Waals surface area contributed by atoms with Gasteiger partial charge in [0.2, 0.25) is 5.91 Å². The number of morpholine rings is 1. The minimum atomic E-state index is -0.163. The molecular formula is C16H19N3O3S. The fourth-order valence-corrected chi connectivity index (χ4v) is 3.24. The molecule has 2 heterocycles. The number of hydrogen-bond acceptors (Lipinski definition) is 6. The number of ether oxygens (including phenoxy) is 2. The van der Waals surface area contributed by atoms with Crippen molar-refractivity contribution in [2.24, 2.45) is 0 Å². The lowest BCUT2D eigenvalue weighted by atomic mass is 10.1. The molecule has 7 heteroatoms. The minimum Gasteiger partial charge on any atom is -0.378 e. The van der Waals surface area contributed by atoms with E-state index in [2.05, 4.69) is 15.6 Å². The van der Waals surface area contributed by atoms with Crippen LogP contribution in [0.2, 0.25) is 0 Å². The molecular weight excluding hydrogens is 314 g/mol. The Hall–Kier alpha value is -1.96. The highest BCUT2D eigenvalue weighted by Crippen LogP contribution is 2.28. The van der Waals surface area contributed by atoms with E-state index in [4.69, 9.17) is 14.5 Å². The molecule has 1 fully saturated rings. The second kappa shape index (κ2) is 7.54. The molecule has 1 aromatic carbocycles. The number of amides is 1. The van der Waals surface area contributed by atoms with Crippen LogP contribution in [0, 0.1) is 0 Å². The molecule has 1 amide bonds. The van der Waals surface area contributed by atoms with E-state index in [1.54, 1.807) is 11.3 Å². The number of rotatable bonds is 5. The largest absolute Gasteiger partial charge is 0.378 e. The van der Waals surface area contributed by atoms with Gasteiger partial charge in [-0.05, 0) is 12.1 Å². The number of hydrogen-bond donors (Lipinski definition) is 1. The van der Waals surface area contributed by atoms with Crippen LogP contribution in [0.5, 0.6) is 0 Å². The quantitative estimate of drug-likeness (QED) is 0.909. The van der Waals surface area contributed by atoms with Gasteiger partial charge in [-0.25, -0.2) is 4.98 Å². The summed E-state index contributed by atoms with van der Waals surface area (Å²) >= 11 is 1.65. The zero-order chi connectivity index (χ0) is 16.1. The third-order valence-corrected chi connectivity index (χ3v) is 4.41. The van der Waals surface area contributed by atoms with Crippen molar-refractivity contribution in [3.05, 3.63) is 29.6 Å². The molecule has 0 atom stereocenters. The molecule has 0 radical (unpaired) electrons. The van der Waals surface area contributed by atoms with E-state index >= 15 is 0 Å². The maximum absolute atomic E-state index is 11.5. The molecule has 1 saturated heterocycles. The van der Waals surface area contributed by atoms with E-state index in [1.807, 2.05) is 24.3 Å². The van der Waals surface area contributed by atoms with Gasteiger partial charge in [0.05, 0.1) is 18.9 Å². The molecule has 122 valence electrons. The molecule has 1 aliphatic rings. The predicted molar refractivity (Wildman–Crippen MR) is 91.1 cm³/mol. The summed E-state index contributed by atoms with van der Waals surface area (Å²) in [5.74, 6) is -0.163. The molecule has 2 aromatic rings. The van der Waals surface area contributed by atoms with Crippen LogP contribution in [0.25, 0.3) is 11.3 Å². The van der Waals surface area contributed by atoms with Gasteiger partial charge < -0.3 is 19.7 Å². The first-order valence-electron chi connectivity index (χ1n) is 7.44. The number of carbonyl (C=O) groups excluding carboxylic acids is 1. The SMILES string of the molecule is COCC(=O)Nc1ccc(-c2csc(N3CCOCC3)n2)cc1. The van der Waals surface area contributed by atoms with Gasteiger partial charge in [-0.3, -0.25) is 4.79 Å². The summed E-state index contributed by atoms with van der Waals surface area (Å²) in [7, 11) is 1.50. The van der Waals surface area contributed by atoms with E-state index in [0.717, 1.165) is 48.4 Å². The smallest absolute Gasteiger partial charge is 0.250 e. The molecule has 0 spiro atoms. The van der Waals surface area contributed by atoms with Crippen molar-refractivity contribution in [1.82, 2.24) is 4.98 Å². The van der Waals surface area contributed by atoms with E-state index < -0.39 is 0 Å². The summed E-state index contributed by atoms with van der Waals surface area (Å²) in [5.41, 5.74) is 2.73. The van der Waals surface area contributed by atoms with Gasteiger partial charge in [0.15, 0.2) is 5.13 Å². The highest BCUT2D eigenvalue weighted by Gasteiger charge is 2.15. The number of anilines is 2. The fourth-order valence-electron chi connectivity index (χ4n) is 2.35. The Morgan fingerprint density at radius 2 is 2.09 bits per heavy atom. The third kappa shape index (κ3) is 4.07. The second-order valence-corrected chi connectivity index (χ2v) is 6.01. The number of aromatic nitrogens is 1. The average molecular weight is 333 g/mol. The highest BCUT2D eigenvalue weighted by atomic mass is 32.1. The van der Waals surface area contributed by atoms with E-state index in [9.17, 15) is 4.79 Å². The number of benzene rings is 1. The second-order valence-electron chi connectivity index (χ2n) is 5.17. The summed E-state index contributed by atoms with van der Waals surface area (Å²) in [4.78, 5) is 18.4. The summed E-state index contributed by atoms with van der Waals surface area (Å²) in [6.45, 7) is 3.33. The van der Waals surface area contributed by atoms with Crippen LogP contribution in [0.15, 0.2) is 29.6 Å². The molecule has 3 rings (SSSR count). The molecule has 0 bridgehead atoms. The molecule has 1 N–H and O–H groups in total. The summed E-state index contributed by atoms with van der Waals surface area (Å²) < 4.78 is 10.2. The topological polar surface area (TPSA) is 63.7 Å². The predicted octanol–water partition coefficient (Wildman–Crippen LogP) is 2.23. The van der Waals surface area contributed by atoms with E-state index in [1.165, 1.54) is 7.11 Å². The molecule has 0 unspecified atom stereocenters. The van der Waals surface area contributed by atoms with Crippen LogP contribution in [-0.4, -0.2) is 50.9 Å². The van der Waals surface area contributed by atoms with Gasteiger partial charge >= 0.3 is 0 Å². The van der Waals surface area contributed by atoms with Gasteiger partial charge in [-0.15, -0.1) is 11.3 Å². The van der Waals surface area contributed by atoms with Crippen molar-refractivity contribution in [2.45, 2.75) is 0 Å². The lowest BCUT2D eigenvalue weighted by molar-refractivity contribution is -0.119. The first-order valence-corrected chi connectivity index (χ1v) is 8.31. The van der Waals surface area contributed by atoms with Gasteiger partial charge in [-0.1, -0.05) is 12.1 Å². The van der Waals surface area contributed by atoms with Crippen molar-refractivity contribution >= 4 is 28.1 Å². The molecule has 0 aliphatic carbocycles. The van der Waals surface area contributed by atoms with Crippen LogP contribution in [0.1, 0.15) is 0 Å². The van der Waals surface area contributed by atoms with Crippen molar-refractivity contribution in [2.75, 3.05) is 50.2 Å². The zero-order valence-electron chi connectivity index (χ0n) is 12.9. The lowest BCUT2D eigenvalue weighted by Crippen LogP contribution is -2.36. The molecule has 0 saturated carbocycles. The molecule has 1 aromatic heterocycles. The Kier molecular flexibility index (Phi) is 5.22. The third-order valence-electron chi connectivity index (χ3n) is 3.51. The Bertz CT molecular complexity index is 651. The van der Waals surface area contributed by atoms with Crippen LogP contribution < -0.4 is 10.2 Å². The van der Waals surface area contributed by atoms with Crippen molar-refractivity contribution < 1.29 is 14.3 Å². The van der Waals surface area contributed by atoms with Crippen LogP contribution >= 0.6 is 11.3 Å². The summed E-state index contributed by atoms with van der Waals surface area (Å²) in [6.07, 6.45) is 0. The lowest BCUT2D eigenvalue weighted by Gasteiger charge is -2.26. The normalized spacial score (nSPS) is 14.7. The number of carbonyl (C=O) groups is 1. The summed E-state index contributed by atoms with van der Waals surface area (Å²) in [6, 6.07) is 7.66. The fraction of sp³-hybridized carbons (Fsp3) is 0.375. The van der Waals surface area contributed by atoms with Gasteiger partial charge in [0, 0.05) is 36.8 Å². The number of thiazole rings is 1. The van der Waals surface area contributed by atoms with Crippen molar-refractivity contribution in [3.63, 3.8) is 0 Å². The maximum atomic E-state index is 11.5. The Balaban J connectivity index is 1.67. The summed E-state index contributed by atoms with van der Waals surface area (Å²) in [5, 5.41) is 5.86. The number of methoxy groups -OCH3 is 1. The Morgan fingerprint density at radius 3 is 2.78 bits per heavy atom. The standard InChI is InChI=1S/C16H19N3O3S/c1-21-10-15(20)17-13-4-2-12(3-5-13)14-11-23-16(18-14)19-6-8-22-9-7-19/h2-5,11H,6-10H2,1H3,(H,17,20). The maximum Gasteiger partial charge on any atom is 0.250 e. The molecule has 6 nitrogen and oxygen atoms in total. The Labute approximate surface area is 139 Å². The Morgan fingerprint density at radius 1 is 1.35 bits per heavy atom. The zero-order valence-corrected chi connectivity index (χ0v) is 13.8. The first-order chi connectivity index (χ1) is 11.3. The van der Waals surface area contributed by atoms with Gasteiger partial charge in [0.1, 0.15) is 6.61 Å². The number of nitrogens with one attached hydrogen (secondary N) is 1.